The number of hydrogen-bond acceptors (Lipinski definition) is 3. The number of nitrogens with one attached hydrogen (secondary N) is 2. The molecule has 5 nitrogen and oxygen atoms in total. The highest BCUT2D eigenvalue weighted by Crippen LogP contribution is 2.18. The minimum atomic E-state index is -0.271. The van der Waals surface area contributed by atoms with Gasteiger partial charge in [0, 0.05) is 12.1 Å². The van der Waals surface area contributed by atoms with E-state index in [0.717, 1.165) is 37.0 Å². The maximum Gasteiger partial charge on any atom is 0.255 e. The van der Waals surface area contributed by atoms with Crippen LogP contribution in [0, 0.1) is 0 Å². The van der Waals surface area contributed by atoms with E-state index in [1.54, 1.807) is 48.5 Å². The molecule has 0 aromatic heterocycles. The van der Waals surface area contributed by atoms with E-state index in [1.165, 1.54) is 0 Å². The van der Waals surface area contributed by atoms with Gasteiger partial charge in [-0.3, -0.25) is 9.59 Å². The average molecular weight is 431 g/mol. The van der Waals surface area contributed by atoms with Gasteiger partial charge in [0.05, 0.1) is 17.9 Å². The minimum Gasteiger partial charge on any atom is -0.494 e. The SMILES string of the molecule is CCCCCOc1ccc(C(=O)Nc2ccccc2C(=O)NCCc2ccccc2)cc1. The van der Waals surface area contributed by atoms with Crippen LogP contribution in [-0.2, 0) is 6.42 Å². The third-order valence-corrected chi connectivity index (χ3v) is 5.10. The highest BCUT2D eigenvalue weighted by molar-refractivity contribution is 6.09. The first-order chi connectivity index (χ1) is 15.7. The van der Waals surface area contributed by atoms with E-state index in [1.807, 2.05) is 30.3 Å². The number of para-hydroxylation sites is 1. The molecule has 0 bridgehead atoms. The van der Waals surface area contributed by atoms with Crippen molar-refractivity contribution in [2.24, 2.45) is 0 Å². The van der Waals surface area contributed by atoms with E-state index in [9.17, 15) is 9.59 Å². The molecule has 2 N–H and O–H groups in total. The molecular weight excluding hydrogens is 400 g/mol. The fraction of sp³-hybridized carbons (Fsp3) is 0.259. The maximum absolute atomic E-state index is 12.7. The molecule has 0 radical (unpaired) electrons. The van der Waals surface area contributed by atoms with Crippen LogP contribution in [0.15, 0.2) is 78.9 Å². The van der Waals surface area contributed by atoms with Crippen molar-refractivity contribution in [1.29, 1.82) is 0 Å². The average Bonchev–Trinajstić information content (AvgIpc) is 2.83. The van der Waals surface area contributed by atoms with Gasteiger partial charge in [0.1, 0.15) is 5.75 Å². The van der Waals surface area contributed by atoms with Gasteiger partial charge in [-0.2, -0.15) is 0 Å². The fourth-order valence-electron chi connectivity index (χ4n) is 3.29. The molecule has 32 heavy (non-hydrogen) atoms. The third-order valence-electron chi connectivity index (χ3n) is 5.10. The molecule has 0 saturated heterocycles. The van der Waals surface area contributed by atoms with Crippen molar-refractivity contribution in [2.75, 3.05) is 18.5 Å². The summed E-state index contributed by atoms with van der Waals surface area (Å²) in [6.45, 7) is 3.34. The second-order valence-corrected chi connectivity index (χ2v) is 7.57. The molecule has 5 heteroatoms. The van der Waals surface area contributed by atoms with E-state index in [4.69, 9.17) is 4.74 Å². The lowest BCUT2D eigenvalue weighted by Gasteiger charge is -2.12. The molecule has 3 aromatic rings. The summed E-state index contributed by atoms with van der Waals surface area (Å²) in [5.41, 5.74) is 2.58. The smallest absolute Gasteiger partial charge is 0.255 e. The van der Waals surface area contributed by atoms with Gasteiger partial charge in [-0.25, -0.2) is 0 Å². The van der Waals surface area contributed by atoms with Crippen LogP contribution in [-0.4, -0.2) is 25.0 Å². The summed E-state index contributed by atoms with van der Waals surface area (Å²) in [6, 6.07) is 24.1. The Morgan fingerprint density at radius 2 is 1.53 bits per heavy atom. The van der Waals surface area contributed by atoms with Crippen molar-refractivity contribution in [3.8, 4) is 5.75 Å². The highest BCUT2D eigenvalue weighted by Gasteiger charge is 2.14. The monoisotopic (exact) mass is 430 g/mol. The molecule has 0 atom stereocenters. The van der Waals surface area contributed by atoms with Crippen LogP contribution < -0.4 is 15.4 Å². The van der Waals surface area contributed by atoms with Gasteiger partial charge in [0.25, 0.3) is 11.8 Å². The van der Waals surface area contributed by atoms with E-state index in [2.05, 4.69) is 17.6 Å². The van der Waals surface area contributed by atoms with E-state index >= 15 is 0 Å². The number of ether oxygens (including phenoxy) is 1. The molecule has 0 spiro atoms. The second-order valence-electron chi connectivity index (χ2n) is 7.57. The van der Waals surface area contributed by atoms with Crippen LogP contribution in [0.1, 0.15) is 52.5 Å². The van der Waals surface area contributed by atoms with Gasteiger partial charge in [-0.1, -0.05) is 62.2 Å². The predicted molar refractivity (Wildman–Crippen MR) is 128 cm³/mol. The van der Waals surface area contributed by atoms with Crippen molar-refractivity contribution >= 4 is 17.5 Å². The molecule has 3 aromatic carbocycles. The predicted octanol–water partition coefficient (Wildman–Crippen LogP) is 5.48. The molecular formula is C27H30N2O3. The van der Waals surface area contributed by atoms with E-state index < -0.39 is 0 Å². The summed E-state index contributed by atoms with van der Waals surface area (Å²) >= 11 is 0. The first kappa shape index (κ1) is 23.1. The second kappa shape index (κ2) is 12.3. The Morgan fingerprint density at radius 1 is 0.812 bits per heavy atom. The highest BCUT2D eigenvalue weighted by atomic mass is 16.5. The van der Waals surface area contributed by atoms with Gasteiger partial charge in [0.2, 0.25) is 0 Å². The topological polar surface area (TPSA) is 67.4 Å². The number of carbonyl (C=O) groups excluding carboxylic acids is 2. The summed E-state index contributed by atoms with van der Waals surface area (Å²) in [4.78, 5) is 25.4. The van der Waals surface area contributed by atoms with Gasteiger partial charge in [-0.15, -0.1) is 0 Å². The Morgan fingerprint density at radius 3 is 2.28 bits per heavy atom. The Kier molecular flexibility index (Phi) is 8.87. The fourth-order valence-corrected chi connectivity index (χ4v) is 3.29. The molecule has 0 aliphatic heterocycles. The van der Waals surface area contributed by atoms with Crippen LogP contribution in [0.2, 0.25) is 0 Å². The van der Waals surface area contributed by atoms with Gasteiger partial charge < -0.3 is 15.4 Å². The van der Waals surface area contributed by atoms with Crippen LogP contribution in [0.4, 0.5) is 5.69 Å². The molecule has 2 amide bonds. The molecule has 0 aliphatic carbocycles. The number of rotatable bonds is 11. The molecule has 0 fully saturated rings. The molecule has 3 rings (SSSR count). The Hall–Kier alpha value is -3.60. The lowest BCUT2D eigenvalue weighted by molar-refractivity contribution is 0.0955. The quantitative estimate of drug-likeness (QED) is 0.396. The molecule has 0 aliphatic rings. The van der Waals surface area contributed by atoms with Crippen molar-refractivity contribution in [2.45, 2.75) is 32.6 Å². The Labute approximate surface area is 189 Å². The first-order valence-electron chi connectivity index (χ1n) is 11.1. The zero-order valence-corrected chi connectivity index (χ0v) is 18.5. The number of unbranched alkanes of at least 4 members (excludes halogenated alkanes) is 2. The molecule has 166 valence electrons. The summed E-state index contributed by atoms with van der Waals surface area (Å²) < 4.78 is 5.70. The van der Waals surface area contributed by atoms with Crippen molar-refractivity contribution < 1.29 is 14.3 Å². The standard InChI is InChI=1S/C27H30N2O3/c1-2-3-9-20-32-23-16-14-22(15-17-23)26(30)29-25-13-8-7-12-24(25)27(31)28-19-18-21-10-5-4-6-11-21/h4-8,10-17H,2-3,9,18-20H2,1H3,(H,28,31)(H,29,30). The number of anilines is 1. The lowest BCUT2D eigenvalue weighted by Crippen LogP contribution is -2.27. The van der Waals surface area contributed by atoms with Crippen LogP contribution in [0.3, 0.4) is 0 Å². The van der Waals surface area contributed by atoms with Crippen LogP contribution in [0.25, 0.3) is 0 Å². The van der Waals surface area contributed by atoms with Crippen molar-refractivity contribution in [1.82, 2.24) is 5.32 Å². The zero-order chi connectivity index (χ0) is 22.6. The summed E-state index contributed by atoms with van der Waals surface area (Å²) in [7, 11) is 0. The number of amides is 2. The largest absolute Gasteiger partial charge is 0.494 e. The van der Waals surface area contributed by atoms with E-state index in [-0.39, 0.29) is 11.8 Å². The van der Waals surface area contributed by atoms with Crippen LogP contribution >= 0.6 is 0 Å². The van der Waals surface area contributed by atoms with Gasteiger partial charge in [-0.05, 0) is 54.8 Å². The van der Waals surface area contributed by atoms with Crippen LogP contribution in [0.5, 0.6) is 5.75 Å². The zero-order valence-electron chi connectivity index (χ0n) is 18.5. The lowest BCUT2D eigenvalue weighted by atomic mass is 10.1. The maximum atomic E-state index is 12.7. The Bertz CT molecular complexity index is 1000. The number of carbonyl (C=O) groups is 2. The molecule has 0 heterocycles. The molecule has 0 unspecified atom stereocenters. The van der Waals surface area contributed by atoms with Gasteiger partial charge in [0.15, 0.2) is 0 Å². The minimum absolute atomic E-state index is 0.215. The summed E-state index contributed by atoms with van der Waals surface area (Å²) in [5, 5.41) is 5.78. The van der Waals surface area contributed by atoms with Crippen molar-refractivity contribution in [3.05, 3.63) is 95.6 Å². The number of hydrogen-bond donors (Lipinski definition) is 2. The molecule has 0 saturated carbocycles. The summed E-state index contributed by atoms with van der Waals surface area (Å²) in [5.74, 6) is 0.260. The van der Waals surface area contributed by atoms with Crippen molar-refractivity contribution in [3.63, 3.8) is 0 Å². The number of benzene rings is 3. The normalized spacial score (nSPS) is 10.4. The third kappa shape index (κ3) is 6.98. The summed E-state index contributed by atoms with van der Waals surface area (Å²) in [6.07, 6.45) is 4.05. The van der Waals surface area contributed by atoms with Gasteiger partial charge >= 0.3 is 0 Å². The first-order valence-corrected chi connectivity index (χ1v) is 11.1. The Balaban J connectivity index is 1.56. The van der Waals surface area contributed by atoms with E-state index in [0.29, 0.717) is 30.0 Å².